The van der Waals surface area contributed by atoms with Gasteiger partial charge < -0.3 is 0 Å². The molecule has 7 atom stereocenters. The van der Waals surface area contributed by atoms with Crippen LogP contribution in [0.25, 0.3) is 0 Å². The molecule has 1 heteroatoms. The maximum Gasteiger partial charge on any atom is 0.137 e. The summed E-state index contributed by atoms with van der Waals surface area (Å²) < 4.78 is 0. The van der Waals surface area contributed by atoms with E-state index in [0.29, 0.717) is 28.4 Å². The summed E-state index contributed by atoms with van der Waals surface area (Å²) in [7, 11) is 0. The molecule has 0 aliphatic heterocycles. The predicted molar refractivity (Wildman–Crippen MR) is 90.5 cm³/mol. The second-order valence-corrected chi connectivity index (χ2v) is 9.59. The summed E-state index contributed by atoms with van der Waals surface area (Å²) in [4.78, 5) is 12.9. The summed E-state index contributed by atoms with van der Waals surface area (Å²) in [6, 6.07) is 0. The van der Waals surface area contributed by atoms with Gasteiger partial charge in [0, 0.05) is 12.3 Å². The van der Waals surface area contributed by atoms with Crippen molar-refractivity contribution in [1.82, 2.24) is 0 Å². The van der Waals surface area contributed by atoms with E-state index in [0.717, 1.165) is 24.2 Å². The fourth-order valence-electron chi connectivity index (χ4n) is 7.81. The molecule has 4 rings (SSSR count). The van der Waals surface area contributed by atoms with Crippen molar-refractivity contribution in [2.45, 2.75) is 85.0 Å². The van der Waals surface area contributed by atoms with Gasteiger partial charge in [-0.2, -0.15) is 0 Å². The van der Waals surface area contributed by atoms with Crippen molar-refractivity contribution in [2.75, 3.05) is 0 Å². The average molecular weight is 303 g/mol. The van der Waals surface area contributed by atoms with Crippen LogP contribution in [0.1, 0.15) is 85.0 Å². The van der Waals surface area contributed by atoms with Crippen LogP contribution in [0, 0.1) is 40.4 Å². The molecule has 0 saturated heterocycles. The Kier molecular flexibility index (Phi) is 3.51. The van der Waals surface area contributed by atoms with Crippen LogP contribution in [0.2, 0.25) is 0 Å². The Hall–Kier alpha value is -0.330. The van der Waals surface area contributed by atoms with Gasteiger partial charge in [-0.1, -0.05) is 40.0 Å². The highest BCUT2D eigenvalue weighted by Gasteiger charge is 2.61. The van der Waals surface area contributed by atoms with Crippen LogP contribution < -0.4 is 0 Å². The van der Waals surface area contributed by atoms with Gasteiger partial charge in [-0.15, -0.1) is 0 Å². The van der Waals surface area contributed by atoms with Gasteiger partial charge in [0.05, 0.1) is 0 Å². The summed E-state index contributed by atoms with van der Waals surface area (Å²) in [5.41, 5.74) is 0.901. The minimum absolute atomic E-state index is 0.338. The second-order valence-electron chi connectivity index (χ2n) is 9.59. The topological polar surface area (TPSA) is 17.1 Å². The summed E-state index contributed by atoms with van der Waals surface area (Å²) in [6.07, 6.45) is 13.4. The first-order chi connectivity index (χ1) is 10.5. The lowest BCUT2D eigenvalue weighted by atomic mass is 9.45. The fraction of sp³-hybridized carbons (Fsp3) is 0.952. The van der Waals surface area contributed by atoms with Gasteiger partial charge in [-0.3, -0.25) is 4.79 Å². The molecule has 0 spiro atoms. The minimum Gasteiger partial charge on any atom is -0.299 e. The van der Waals surface area contributed by atoms with Crippen LogP contribution in [-0.2, 0) is 4.79 Å². The number of carbonyl (C=O) groups is 1. The van der Waals surface area contributed by atoms with Crippen LogP contribution >= 0.6 is 0 Å². The van der Waals surface area contributed by atoms with E-state index in [1.165, 1.54) is 57.8 Å². The first-order valence-electron chi connectivity index (χ1n) is 10.0. The number of hydrogen-bond donors (Lipinski definition) is 0. The van der Waals surface area contributed by atoms with Crippen molar-refractivity contribution in [3.63, 3.8) is 0 Å². The zero-order valence-electron chi connectivity index (χ0n) is 14.9. The largest absolute Gasteiger partial charge is 0.299 e. The monoisotopic (exact) mass is 302 g/mol. The first kappa shape index (κ1) is 15.2. The number of ketones is 1. The van der Waals surface area contributed by atoms with Crippen molar-refractivity contribution in [1.29, 1.82) is 0 Å². The van der Waals surface area contributed by atoms with Gasteiger partial charge in [0.25, 0.3) is 0 Å². The summed E-state index contributed by atoms with van der Waals surface area (Å²) in [5.74, 6) is 4.26. The number of Topliss-reactive ketones (excluding diaryl/α,β-unsaturated/α-hetero) is 1. The Morgan fingerprint density at radius 1 is 1.00 bits per heavy atom. The summed E-state index contributed by atoms with van der Waals surface area (Å²) >= 11 is 0. The second kappa shape index (κ2) is 5.08. The lowest BCUT2D eigenvalue weighted by Gasteiger charge is -2.60. The van der Waals surface area contributed by atoms with Crippen LogP contribution in [0.4, 0.5) is 0 Å². The maximum absolute atomic E-state index is 12.9. The molecule has 22 heavy (non-hydrogen) atoms. The molecule has 0 aromatic heterocycles. The zero-order chi connectivity index (χ0) is 15.5. The standard InChI is InChI=1S/C21H34O/c1-4-14-13-18(22)19-16-9-8-15-7-5-6-11-20(15,2)17(16)10-12-21(14,19)3/h14-17,19H,4-13H2,1-3H3/t14-,15+,16+,17-,19+,20-,21+/m0/s1. The third-order valence-corrected chi connectivity index (χ3v) is 9.02. The normalized spacial score (nSPS) is 54.5. The van der Waals surface area contributed by atoms with Crippen molar-refractivity contribution < 1.29 is 4.79 Å². The molecule has 0 aromatic rings. The highest BCUT2D eigenvalue weighted by atomic mass is 16.1. The quantitative estimate of drug-likeness (QED) is 0.614. The van der Waals surface area contributed by atoms with E-state index >= 15 is 0 Å². The summed E-state index contributed by atoms with van der Waals surface area (Å²) in [6.45, 7) is 7.38. The van der Waals surface area contributed by atoms with Gasteiger partial charge in [-0.05, 0) is 73.0 Å². The molecule has 4 fully saturated rings. The third kappa shape index (κ3) is 1.86. The Morgan fingerprint density at radius 2 is 1.82 bits per heavy atom. The van der Waals surface area contributed by atoms with Gasteiger partial charge in [0.15, 0.2) is 0 Å². The van der Waals surface area contributed by atoms with Crippen molar-refractivity contribution in [3.05, 3.63) is 0 Å². The van der Waals surface area contributed by atoms with E-state index in [1.807, 2.05) is 0 Å². The fourth-order valence-corrected chi connectivity index (χ4v) is 7.81. The molecule has 1 nitrogen and oxygen atoms in total. The van der Waals surface area contributed by atoms with Crippen LogP contribution in [0.5, 0.6) is 0 Å². The van der Waals surface area contributed by atoms with E-state index in [9.17, 15) is 4.79 Å². The Labute approximate surface area is 136 Å². The number of carbonyl (C=O) groups excluding carboxylic acids is 1. The van der Waals surface area contributed by atoms with E-state index < -0.39 is 0 Å². The molecular formula is C21H34O. The molecule has 4 saturated carbocycles. The SMILES string of the molecule is CC[C@H]1CC(=O)[C@H]2[C@@H]3CC[C@H]4CCCC[C@]4(C)[C@H]3CC[C@]12C. The van der Waals surface area contributed by atoms with Gasteiger partial charge in [-0.25, -0.2) is 0 Å². The molecule has 0 bridgehead atoms. The highest BCUT2D eigenvalue weighted by molar-refractivity contribution is 5.85. The van der Waals surface area contributed by atoms with Crippen molar-refractivity contribution >= 4 is 5.78 Å². The summed E-state index contributed by atoms with van der Waals surface area (Å²) in [5, 5.41) is 0. The van der Waals surface area contributed by atoms with E-state index in [1.54, 1.807) is 0 Å². The zero-order valence-corrected chi connectivity index (χ0v) is 14.9. The molecule has 0 heterocycles. The molecule has 4 aliphatic carbocycles. The number of hydrogen-bond acceptors (Lipinski definition) is 1. The Morgan fingerprint density at radius 3 is 2.59 bits per heavy atom. The lowest BCUT2D eigenvalue weighted by Crippen LogP contribution is -2.53. The molecule has 124 valence electrons. The van der Waals surface area contributed by atoms with Crippen LogP contribution in [-0.4, -0.2) is 5.78 Å². The Balaban J connectivity index is 1.67. The molecule has 0 radical (unpaired) electrons. The van der Waals surface area contributed by atoms with Crippen molar-refractivity contribution in [3.8, 4) is 0 Å². The first-order valence-corrected chi connectivity index (χ1v) is 10.0. The van der Waals surface area contributed by atoms with Gasteiger partial charge in [0.2, 0.25) is 0 Å². The molecule has 0 unspecified atom stereocenters. The lowest BCUT2D eigenvalue weighted by molar-refractivity contribution is -0.140. The molecule has 0 aromatic carbocycles. The highest BCUT2D eigenvalue weighted by Crippen LogP contribution is 2.66. The predicted octanol–water partition coefficient (Wildman–Crippen LogP) is 5.62. The Bertz CT molecular complexity index is 469. The van der Waals surface area contributed by atoms with E-state index in [2.05, 4.69) is 20.8 Å². The molecule has 0 N–H and O–H groups in total. The van der Waals surface area contributed by atoms with E-state index in [4.69, 9.17) is 0 Å². The van der Waals surface area contributed by atoms with Crippen LogP contribution in [0.3, 0.4) is 0 Å². The molecule has 0 amide bonds. The maximum atomic E-state index is 12.9. The average Bonchev–Trinajstić information content (AvgIpc) is 2.77. The van der Waals surface area contributed by atoms with Gasteiger partial charge in [0.1, 0.15) is 5.78 Å². The van der Waals surface area contributed by atoms with Crippen molar-refractivity contribution in [2.24, 2.45) is 40.4 Å². The number of fused-ring (bicyclic) bond motifs is 5. The van der Waals surface area contributed by atoms with E-state index in [-0.39, 0.29) is 0 Å². The number of rotatable bonds is 1. The minimum atomic E-state index is 0.338. The smallest absolute Gasteiger partial charge is 0.137 e. The van der Waals surface area contributed by atoms with Gasteiger partial charge >= 0.3 is 0 Å². The molecule has 4 aliphatic rings. The third-order valence-electron chi connectivity index (χ3n) is 9.02. The van der Waals surface area contributed by atoms with Crippen LogP contribution in [0.15, 0.2) is 0 Å². The molecular weight excluding hydrogens is 268 g/mol.